The first-order valence-corrected chi connectivity index (χ1v) is 8.96. The molecular formula is C16H18N4O5S. The lowest BCUT2D eigenvalue weighted by atomic mass is 10.0. The molecule has 10 heteroatoms. The molecule has 1 aliphatic carbocycles. The number of aromatic nitrogens is 2. The first-order chi connectivity index (χ1) is 12.5. The van der Waals surface area contributed by atoms with E-state index in [1.54, 1.807) is 6.92 Å². The summed E-state index contributed by atoms with van der Waals surface area (Å²) in [4.78, 5) is 53.9. The predicted molar refractivity (Wildman–Crippen MR) is 94.2 cm³/mol. The van der Waals surface area contributed by atoms with Gasteiger partial charge in [0.25, 0.3) is 5.56 Å². The van der Waals surface area contributed by atoms with Gasteiger partial charge in [0.15, 0.2) is 0 Å². The Morgan fingerprint density at radius 1 is 1.42 bits per heavy atom. The number of hydrogen-bond donors (Lipinski definition) is 2. The number of urea groups is 1. The number of thiophene rings is 1. The Morgan fingerprint density at radius 2 is 2.19 bits per heavy atom. The number of aryl methyl sites for hydroxylation is 1. The molecule has 0 saturated carbocycles. The van der Waals surface area contributed by atoms with Crippen molar-refractivity contribution in [1.82, 2.24) is 20.2 Å². The van der Waals surface area contributed by atoms with Crippen molar-refractivity contribution < 1.29 is 19.1 Å². The maximum Gasteiger partial charge on any atom is 0.321 e. The van der Waals surface area contributed by atoms with E-state index in [2.05, 4.69) is 15.6 Å². The van der Waals surface area contributed by atoms with Crippen molar-refractivity contribution in [3.63, 3.8) is 0 Å². The van der Waals surface area contributed by atoms with Crippen LogP contribution in [0.5, 0.6) is 0 Å². The smallest absolute Gasteiger partial charge is 0.321 e. The highest BCUT2D eigenvalue weighted by Crippen LogP contribution is 2.42. The van der Waals surface area contributed by atoms with Crippen LogP contribution >= 0.6 is 11.3 Å². The van der Waals surface area contributed by atoms with Crippen molar-refractivity contribution in [3.8, 4) is 0 Å². The highest BCUT2D eigenvalue weighted by molar-refractivity contribution is 7.18. The minimum absolute atomic E-state index is 0.273. The van der Waals surface area contributed by atoms with Gasteiger partial charge in [-0.25, -0.2) is 9.78 Å². The highest BCUT2D eigenvalue weighted by Gasteiger charge is 2.35. The summed E-state index contributed by atoms with van der Waals surface area (Å²) in [6.07, 6.45) is 2.57. The van der Waals surface area contributed by atoms with E-state index in [-0.39, 0.29) is 19.1 Å². The molecule has 26 heavy (non-hydrogen) atoms. The summed E-state index contributed by atoms with van der Waals surface area (Å²) in [5, 5.41) is 4.71. The molecule has 0 radical (unpaired) electrons. The first-order valence-electron chi connectivity index (χ1n) is 8.15. The number of hydrogen-bond acceptors (Lipinski definition) is 7. The van der Waals surface area contributed by atoms with Gasteiger partial charge in [-0.3, -0.25) is 24.3 Å². The van der Waals surface area contributed by atoms with Crippen LogP contribution in [0.1, 0.15) is 29.7 Å². The number of esters is 1. The summed E-state index contributed by atoms with van der Waals surface area (Å²) >= 11 is 1.38. The third kappa shape index (κ3) is 3.19. The lowest BCUT2D eigenvalue weighted by Gasteiger charge is -2.10. The Balaban J connectivity index is 1.98. The monoisotopic (exact) mass is 378 g/mol. The number of carbonyl (C=O) groups is 3. The zero-order valence-electron chi connectivity index (χ0n) is 14.3. The second kappa shape index (κ2) is 7.24. The van der Waals surface area contributed by atoms with Crippen molar-refractivity contribution in [2.24, 2.45) is 0 Å². The molecule has 2 heterocycles. The molecule has 0 aliphatic heterocycles. The lowest BCUT2D eigenvalue weighted by molar-refractivity contribution is -0.144. The van der Waals surface area contributed by atoms with E-state index in [1.807, 2.05) is 0 Å². The first kappa shape index (κ1) is 18.1. The maximum absolute atomic E-state index is 12.9. The predicted octanol–water partition coefficient (Wildman–Crippen LogP) is 0.507. The number of nitrogens with zero attached hydrogens (tertiary/aromatic N) is 2. The largest absolute Gasteiger partial charge is 0.466 e. The second-order valence-corrected chi connectivity index (χ2v) is 6.85. The van der Waals surface area contributed by atoms with Crippen molar-refractivity contribution in [2.75, 3.05) is 13.7 Å². The SMILES string of the molecule is CCOC(=O)[C@@H]1CCc2sc3ncn(CC(=O)NC(=O)NC)c(=O)c3c21. The van der Waals surface area contributed by atoms with E-state index in [9.17, 15) is 19.2 Å². The van der Waals surface area contributed by atoms with Crippen LogP contribution in [-0.4, -0.2) is 41.1 Å². The number of ether oxygens (including phenoxy) is 1. The fourth-order valence-corrected chi connectivity index (χ4v) is 4.25. The number of amides is 3. The van der Waals surface area contributed by atoms with Crippen LogP contribution in [0.3, 0.4) is 0 Å². The summed E-state index contributed by atoms with van der Waals surface area (Å²) in [7, 11) is 1.38. The molecule has 1 atom stereocenters. The van der Waals surface area contributed by atoms with Crippen LogP contribution in [0.25, 0.3) is 10.2 Å². The summed E-state index contributed by atoms with van der Waals surface area (Å²) < 4.78 is 6.25. The van der Waals surface area contributed by atoms with Gasteiger partial charge in [0.1, 0.15) is 11.4 Å². The van der Waals surface area contributed by atoms with E-state index >= 15 is 0 Å². The van der Waals surface area contributed by atoms with E-state index in [0.717, 1.165) is 9.44 Å². The normalized spacial score (nSPS) is 15.5. The summed E-state index contributed by atoms with van der Waals surface area (Å²) in [5.41, 5.74) is 0.262. The average Bonchev–Trinajstić information content (AvgIpc) is 3.16. The molecule has 1 aliphatic rings. The van der Waals surface area contributed by atoms with Gasteiger partial charge in [-0.2, -0.15) is 0 Å². The third-order valence-corrected chi connectivity index (χ3v) is 5.34. The molecule has 3 rings (SSSR count). The van der Waals surface area contributed by atoms with Gasteiger partial charge in [-0.05, 0) is 25.3 Å². The minimum Gasteiger partial charge on any atom is -0.466 e. The van der Waals surface area contributed by atoms with Crippen LogP contribution in [-0.2, 0) is 27.3 Å². The van der Waals surface area contributed by atoms with Gasteiger partial charge in [0, 0.05) is 11.9 Å². The van der Waals surface area contributed by atoms with Crippen LogP contribution in [0.15, 0.2) is 11.1 Å². The quantitative estimate of drug-likeness (QED) is 0.748. The van der Waals surface area contributed by atoms with Gasteiger partial charge in [0.2, 0.25) is 5.91 Å². The molecule has 9 nitrogen and oxygen atoms in total. The highest BCUT2D eigenvalue weighted by atomic mass is 32.1. The number of fused-ring (bicyclic) bond motifs is 3. The van der Waals surface area contributed by atoms with Crippen molar-refractivity contribution in [2.45, 2.75) is 32.2 Å². The molecule has 0 saturated heterocycles. The molecule has 138 valence electrons. The lowest BCUT2D eigenvalue weighted by Crippen LogP contribution is -2.40. The molecule has 0 bridgehead atoms. The molecule has 3 amide bonds. The van der Waals surface area contributed by atoms with Gasteiger partial charge < -0.3 is 10.1 Å². The zero-order chi connectivity index (χ0) is 18.8. The Kier molecular flexibility index (Phi) is 5.03. The summed E-state index contributed by atoms with van der Waals surface area (Å²) in [6.45, 7) is 1.66. The van der Waals surface area contributed by atoms with Crippen LogP contribution in [0.4, 0.5) is 4.79 Å². The molecule has 0 spiro atoms. The number of carbonyl (C=O) groups excluding carboxylic acids is 3. The van der Waals surface area contributed by atoms with Crippen LogP contribution in [0.2, 0.25) is 0 Å². The number of rotatable bonds is 4. The Morgan fingerprint density at radius 3 is 2.88 bits per heavy atom. The van der Waals surface area contributed by atoms with Crippen LogP contribution in [0, 0.1) is 0 Å². The van der Waals surface area contributed by atoms with E-state index < -0.39 is 23.4 Å². The van der Waals surface area contributed by atoms with Crippen LogP contribution < -0.4 is 16.2 Å². The molecule has 2 aromatic heterocycles. The molecule has 0 fully saturated rings. The van der Waals surface area contributed by atoms with Gasteiger partial charge in [0.05, 0.1) is 24.2 Å². The van der Waals surface area contributed by atoms with E-state index in [1.165, 1.54) is 24.7 Å². The summed E-state index contributed by atoms with van der Waals surface area (Å²) in [6, 6.07) is -0.657. The molecule has 0 unspecified atom stereocenters. The molecule has 2 N–H and O–H groups in total. The second-order valence-electron chi connectivity index (χ2n) is 5.77. The fraction of sp³-hybridized carbons (Fsp3) is 0.438. The number of imide groups is 1. The van der Waals surface area contributed by atoms with Crippen molar-refractivity contribution in [3.05, 3.63) is 27.1 Å². The van der Waals surface area contributed by atoms with E-state index in [4.69, 9.17) is 4.74 Å². The topological polar surface area (TPSA) is 119 Å². The van der Waals surface area contributed by atoms with E-state index in [0.29, 0.717) is 28.6 Å². The summed E-state index contributed by atoms with van der Waals surface area (Å²) in [5.74, 6) is -1.47. The third-order valence-electron chi connectivity index (χ3n) is 4.17. The Hall–Kier alpha value is -2.75. The van der Waals surface area contributed by atoms with Gasteiger partial charge in [-0.1, -0.05) is 0 Å². The standard InChI is InChI=1S/C16H18N4O5S/c1-3-25-15(23)8-4-5-9-11(8)12-13(26-9)18-7-20(14(12)22)6-10(21)19-16(24)17-2/h7-8H,3-6H2,1-2H3,(H2,17,19,21,24)/t8-/m1/s1. The molecule has 0 aromatic carbocycles. The molecular weight excluding hydrogens is 360 g/mol. The fourth-order valence-electron chi connectivity index (χ4n) is 3.04. The van der Waals surface area contributed by atoms with Crippen molar-refractivity contribution >= 4 is 39.5 Å². The molecule has 2 aromatic rings. The van der Waals surface area contributed by atoms with Gasteiger partial charge >= 0.3 is 12.0 Å². The zero-order valence-corrected chi connectivity index (χ0v) is 15.1. The minimum atomic E-state index is -0.657. The average molecular weight is 378 g/mol. The Bertz CT molecular complexity index is 948. The van der Waals surface area contributed by atoms with Crippen molar-refractivity contribution in [1.29, 1.82) is 0 Å². The maximum atomic E-state index is 12.9. The van der Waals surface area contributed by atoms with Gasteiger partial charge in [-0.15, -0.1) is 11.3 Å². The number of nitrogens with one attached hydrogen (secondary N) is 2. The Labute approximate surface area is 152 Å².